The Labute approximate surface area is 206 Å². The quantitative estimate of drug-likeness (QED) is 0.452. The molecule has 4 rings (SSSR count). The van der Waals surface area contributed by atoms with Crippen molar-refractivity contribution in [2.24, 2.45) is 0 Å². The molecule has 2 aromatic rings. The van der Waals surface area contributed by atoms with Crippen molar-refractivity contribution in [2.75, 3.05) is 10.6 Å². The molecule has 6 amide bonds. The summed E-state index contributed by atoms with van der Waals surface area (Å²) in [5, 5.41) is 11.2. The van der Waals surface area contributed by atoms with Gasteiger partial charge in [-0.2, -0.15) is 0 Å². The van der Waals surface area contributed by atoms with Gasteiger partial charge in [0.05, 0.1) is 6.42 Å². The van der Waals surface area contributed by atoms with Crippen molar-refractivity contribution < 1.29 is 24.0 Å². The summed E-state index contributed by atoms with van der Waals surface area (Å²) in [4.78, 5) is 62.0. The lowest BCUT2D eigenvalue weighted by Gasteiger charge is -2.28. The number of hydrogen-bond acceptors (Lipinski definition) is 6. The first-order valence-corrected chi connectivity index (χ1v) is 11.4. The number of rotatable bonds is 6. The van der Waals surface area contributed by atoms with Crippen molar-refractivity contribution >= 4 is 52.6 Å². The van der Waals surface area contributed by atoms with E-state index in [1.807, 2.05) is 19.1 Å². The third-order valence-electron chi connectivity index (χ3n) is 5.86. The van der Waals surface area contributed by atoms with E-state index in [1.54, 1.807) is 30.3 Å². The van der Waals surface area contributed by atoms with E-state index in [-0.39, 0.29) is 25.8 Å². The fourth-order valence-corrected chi connectivity index (χ4v) is 4.20. The van der Waals surface area contributed by atoms with Crippen LogP contribution in [-0.2, 0) is 25.7 Å². The lowest BCUT2D eigenvalue weighted by Crippen LogP contribution is -2.54. The maximum Gasteiger partial charge on any atom is 0.319 e. The van der Waals surface area contributed by atoms with Crippen LogP contribution in [0.2, 0.25) is 5.02 Å². The normalized spacial score (nSPS) is 20.0. The zero-order chi connectivity index (χ0) is 25.1. The number of hydrogen-bond donors (Lipinski definition) is 4. The SMILES string of the molecule is Cc1ccc(NC(=O)NCc2cccc(NC3CC(=O)N(C4CCC(=O)NC4=O)C3=O)c2)cc1Cl. The highest BCUT2D eigenvalue weighted by Gasteiger charge is 2.46. The van der Waals surface area contributed by atoms with E-state index in [0.717, 1.165) is 16.0 Å². The van der Waals surface area contributed by atoms with Crippen LogP contribution < -0.4 is 21.3 Å². The Hall–Kier alpha value is -3.92. The molecule has 2 atom stereocenters. The highest BCUT2D eigenvalue weighted by atomic mass is 35.5. The van der Waals surface area contributed by atoms with Gasteiger partial charge in [0.25, 0.3) is 5.91 Å². The molecule has 2 aliphatic rings. The maximum atomic E-state index is 12.9. The Morgan fingerprint density at radius 3 is 2.66 bits per heavy atom. The topological polar surface area (TPSA) is 137 Å². The molecule has 0 aliphatic carbocycles. The molecule has 0 bridgehead atoms. The number of benzene rings is 2. The second-order valence-electron chi connectivity index (χ2n) is 8.44. The van der Waals surface area contributed by atoms with Crippen molar-refractivity contribution in [1.29, 1.82) is 0 Å². The Kier molecular flexibility index (Phi) is 7.02. The number of anilines is 2. The second kappa shape index (κ2) is 10.1. The molecule has 2 fully saturated rings. The Balaban J connectivity index is 1.34. The van der Waals surface area contributed by atoms with Gasteiger partial charge in [0.2, 0.25) is 17.7 Å². The van der Waals surface area contributed by atoms with Crippen LogP contribution in [0.1, 0.15) is 30.4 Å². The zero-order valence-corrected chi connectivity index (χ0v) is 19.6. The van der Waals surface area contributed by atoms with Crippen LogP contribution in [0.4, 0.5) is 16.2 Å². The van der Waals surface area contributed by atoms with Gasteiger partial charge in [-0.1, -0.05) is 29.8 Å². The van der Waals surface area contributed by atoms with Crippen molar-refractivity contribution in [2.45, 2.75) is 44.8 Å². The molecule has 35 heavy (non-hydrogen) atoms. The van der Waals surface area contributed by atoms with E-state index >= 15 is 0 Å². The Morgan fingerprint density at radius 1 is 1.11 bits per heavy atom. The van der Waals surface area contributed by atoms with E-state index in [2.05, 4.69) is 21.3 Å². The number of aryl methyl sites for hydroxylation is 1. The third-order valence-corrected chi connectivity index (χ3v) is 6.26. The van der Waals surface area contributed by atoms with Crippen LogP contribution in [0.3, 0.4) is 0 Å². The zero-order valence-electron chi connectivity index (χ0n) is 18.9. The number of urea groups is 1. The molecule has 2 heterocycles. The predicted octanol–water partition coefficient (Wildman–Crippen LogP) is 2.31. The van der Waals surface area contributed by atoms with Gasteiger partial charge in [0.15, 0.2) is 0 Å². The summed E-state index contributed by atoms with van der Waals surface area (Å²) < 4.78 is 0. The summed E-state index contributed by atoms with van der Waals surface area (Å²) in [6.07, 6.45) is 0.0958. The average Bonchev–Trinajstić information content (AvgIpc) is 3.08. The smallest absolute Gasteiger partial charge is 0.319 e. The fraction of sp³-hybridized carbons (Fsp3) is 0.292. The van der Waals surface area contributed by atoms with Crippen LogP contribution in [0.5, 0.6) is 0 Å². The van der Waals surface area contributed by atoms with Gasteiger partial charge >= 0.3 is 6.03 Å². The molecule has 2 unspecified atom stereocenters. The van der Waals surface area contributed by atoms with Gasteiger partial charge in [0.1, 0.15) is 12.1 Å². The summed E-state index contributed by atoms with van der Waals surface area (Å²) >= 11 is 6.08. The molecule has 2 aliphatic heterocycles. The van der Waals surface area contributed by atoms with Crippen molar-refractivity contribution in [3.8, 4) is 0 Å². The van der Waals surface area contributed by atoms with Gasteiger partial charge in [-0.25, -0.2) is 4.79 Å². The van der Waals surface area contributed by atoms with Crippen LogP contribution in [0, 0.1) is 6.92 Å². The number of imide groups is 2. The number of likely N-dealkylation sites (tertiary alicyclic amines) is 1. The van der Waals surface area contributed by atoms with Gasteiger partial charge < -0.3 is 16.0 Å². The van der Waals surface area contributed by atoms with Crippen molar-refractivity contribution in [3.63, 3.8) is 0 Å². The van der Waals surface area contributed by atoms with E-state index < -0.39 is 41.7 Å². The van der Waals surface area contributed by atoms with Gasteiger partial charge in [-0.05, 0) is 48.7 Å². The number of carbonyl (C=O) groups is 5. The molecular weight excluding hydrogens is 474 g/mol. The van der Waals surface area contributed by atoms with Crippen LogP contribution in [-0.4, -0.2) is 46.6 Å². The monoisotopic (exact) mass is 497 g/mol. The summed E-state index contributed by atoms with van der Waals surface area (Å²) in [6.45, 7) is 2.09. The Bertz CT molecular complexity index is 1220. The predicted molar refractivity (Wildman–Crippen MR) is 129 cm³/mol. The molecular formula is C24H24ClN5O5. The highest BCUT2D eigenvalue weighted by Crippen LogP contribution is 2.24. The lowest BCUT2D eigenvalue weighted by molar-refractivity contribution is -0.150. The van der Waals surface area contributed by atoms with E-state index in [4.69, 9.17) is 11.6 Å². The maximum absolute atomic E-state index is 12.9. The van der Waals surface area contributed by atoms with Gasteiger partial charge in [0, 0.05) is 29.4 Å². The number of nitrogens with one attached hydrogen (secondary N) is 4. The molecule has 10 nitrogen and oxygen atoms in total. The minimum absolute atomic E-state index is 0.0745. The average molecular weight is 498 g/mol. The van der Waals surface area contributed by atoms with Crippen LogP contribution >= 0.6 is 11.6 Å². The summed E-state index contributed by atoms with van der Waals surface area (Å²) in [5.41, 5.74) is 2.83. The summed E-state index contributed by atoms with van der Waals surface area (Å²) in [5.74, 6) is -2.03. The van der Waals surface area contributed by atoms with Crippen molar-refractivity contribution in [3.05, 3.63) is 58.6 Å². The lowest BCUT2D eigenvalue weighted by atomic mass is 10.0. The molecule has 4 N–H and O–H groups in total. The minimum atomic E-state index is -0.975. The molecule has 0 saturated carbocycles. The van der Waals surface area contributed by atoms with E-state index in [1.165, 1.54) is 0 Å². The molecule has 0 spiro atoms. The number of carbonyl (C=O) groups excluding carboxylic acids is 5. The second-order valence-corrected chi connectivity index (χ2v) is 8.85. The highest BCUT2D eigenvalue weighted by molar-refractivity contribution is 6.31. The first-order valence-electron chi connectivity index (χ1n) is 11.1. The van der Waals surface area contributed by atoms with Crippen LogP contribution in [0.15, 0.2) is 42.5 Å². The molecule has 2 aromatic carbocycles. The first kappa shape index (κ1) is 24.2. The molecule has 2 saturated heterocycles. The Morgan fingerprint density at radius 2 is 1.91 bits per heavy atom. The number of piperidine rings is 1. The van der Waals surface area contributed by atoms with Crippen LogP contribution in [0.25, 0.3) is 0 Å². The van der Waals surface area contributed by atoms with Crippen molar-refractivity contribution in [1.82, 2.24) is 15.5 Å². The molecule has 0 aromatic heterocycles. The third kappa shape index (κ3) is 5.60. The van der Waals surface area contributed by atoms with Gasteiger partial charge in [-0.3, -0.25) is 29.4 Å². The number of nitrogens with zero attached hydrogens (tertiary/aromatic N) is 1. The largest absolute Gasteiger partial charge is 0.373 e. The molecule has 182 valence electrons. The fourth-order valence-electron chi connectivity index (χ4n) is 4.02. The molecule has 0 radical (unpaired) electrons. The van der Waals surface area contributed by atoms with E-state index in [0.29, 0.717) is 16.4 Å². The minimum Gasteiger partial charge on any atom is -0.373 e. The van der Waals surface area contributed by atoms with E-state index in [9.17, 15) is 24.0 Å². The standard InChI is InChI=1S/C24H24ClN5O5/c1-13-5-6-16(10-17(13)25)28-24(35)26-12-14-3-2-4-15(9-14)27-18-11-21(32)30(23(18)34)19-7-8-20(31)29-22(19)33/h2-6,9-10,18-19,27H,7-8,11-12H2,1H3,(H2,26,28,35)(H,29,31,33). The number of amides is 6. The van der Waals surface area contributed by atoms with Gasteiger partial charge in [-0.15, -0.1) is 0 Å². The summed E-state index contributed by atoms with van der Waals surface area (Å²) in [6, 6.07) is 10.1. The first-order chi connectivity index (χ1) is 16.7. The summed E-state index contributed by atoms with van der Waals surface area (Å²) in [7, 11) is 0. The molecule has 11 heteroatoms. The number of halogens is 1.